The summed E-state index contributed by atoms with van der Waals surface area (Å²) in [5.41, 5.74) is 0.927. The van der Waals surface area contributed by atoms with E-state index in [9.17, 15) is 4.39 Å². The Morgan fingerprint density at radius 3 is 2.15 bits per heavy atom. The molecular weight excluding hydrogens is 167 g/mol. The van der Waals surface area contributed by atoms with Crippen molar-refractivity contribution >= 4 is 0 Å². The standard InChI is InChI=1S/C11H15FO/c1-8(11(12)9(2)13)10-6-4-3-5-7-10/h3-9,11,13H,1-2H3/t8?,9-,11-/m0/s1. The van der Waals surface area contributed by atoms with Crippen LogP contribution < -0.4 is 0 Å². The number of alkyl halides is 1. The fourth-order valence-electron chi connectivity index (χ4n) is 1.36. The van der Waals surface area contributed by atoms with Crippen molar-refractivity contribution in [1.82, 2.24) is 0 Å². The monoisotopic (exact) mass is 182 g/mol. The molecule has 72 valence electrons. The van der Waals surface area contributed by atoms with Crippen molar-refractivity contribution in [3.05, 3.63) is 35.9 Å². The lowest BCUT2D eigenvalue weighted by Gasteiger charge is -2.19. The van der Waals surface area contributed by atoms with Crippen molar-refractivity contribution in [3.8, 4) is 0 Å². The Kier molecular flexibility index (Phi) is 3.43. The molecule has 0 fully saturated rings. The quantitative estimate of drug-likeness (QED) is 0.761. The third-order valence-electron chi connectivity index (χ3n) is 2.26. The summed E-state index contributed by atoms with van der Waals surface area (Å²) in [6, 6.07) is 9.40. The Morgan fingerprint density at radius 1 is 1.15 bits per heavy atom. The zero-order valence-corrected chi connectivity index (χ0v) is 7.94. The van der Waals surface area contributed by atoms with Gasteiger partial charge in [-0.2, -0.15) is 0 Å². The van der Waals surface area contributed by atoms with Gasteiger partial charge in [-0.1, -0.05) is 37.3 Å². The maximum Gasteiger partial charge on any atom is 0.132 e. The molecule has 1 aromatic rings. The van der Waals surface area contributed by atoms with Gasteiger partial charge in [-0.05, 0) is 12.5 Å². The lowest BCUT2D eigenvalue weighted by molar-refractivity contribution is 0.0790. The molecule has 0 aromatic heterocycles. The summed E-state index contributed by atoms with van der Waals surface area (Å²) >= 11 is 0. The van der Waals surface area contributed by atoms with Gasteiger partial charge in [0.25, 0.3) is 0 Å². The number of aliphatic hydroxyl groups excluding tert-OH is 1. The Labute approximate surface area is 78.2 Å². The number of benzene rings is 1. The third-order valence-corrected chi connectivity index (χ3v) is 2.26. The first kappa shape index (κ1) is 10.2. The average Bonchev–Trinajstić information content (AvgIpc) is 2.17. The Balaban J connectivity index is 2.73. The van der Waals surface area contributed by atoms with Crippen LogP contribution in [0.15, 0.2) is 30.3 Å². The maximum absolute atomic E-state index is 13.4. The second kappa shape index (κ2) is 4.38. The van der Waals surface area contributed by atoms with Crippen molar-refractivity contribution in [1.29, 1.82) is 0 Å². The fraction of sp³-hybridized carbons (Fsp3) is 0.455. The minimum Gasteiger partial charge on any atom is -0.390 e. The Hall–Kier alpha value is -0.890. The number of aliphatic hydroxyl groups is 1. The van der Waals surface area contributed by atoms with Crippen LogP contribution in [-0.2, 0) is 0 Å². The topological polar surface area (TPSA) is 20.2 Å². The second-order valence-corrected chi connectivity index (χ2v) is 3.38. The summed E-state index contributed by atoms with van der Waals surface area (Å²) in [6.07, 6.45) is -2.10. The van der Waals surface area contributed by atoms with E-state index in [1.54, 1.807) is 6.92 Å². The van der Waals surface area contributed by atoms with Gasteiger partial charge in [0.15, 0.2) is 0 Å². The van der Waals surface area contributed by atoms with Crippen molar-refractivity contribution in [2.24, 2.45) is 0 Å². The highest BCUT2D eigenvalue weighted by atomic mass is 19.1. The minimum atomic E-state index is -1.19. The molecule has 1 nitrogen and oxygen atoms in total. The molecule has 1 N–H and O–H groups in total. The first-order chi connectivity index (χ1) is 6.13. The fourth-order valence-corrected chi connectivity index (χ4v) is 1.36. The Morgan fingerprint density at radius 2 is 1.69 bits per heavy atom. The van der Waals surface area contributed by atoms with Crippen LogP contribution in [0.3, 0.4) is 0 Å². The van der Waals surface area contributed by atoms with E-state index in [4.69, 9.17) is 5.11 Å². The van der Waals surface area contributed by atoms with Crippen LogP contribution in [0.1, 0.15) is 25.3 Å². The Bertz CT molecular complexity index is 246. The van der Waals surface area contributed by atoms with E-state index in [-0.39, 0.29) is 5.92 Å². The summed E-state index contributed by atoms with van der Waals surface area (Å²) in [6.45, 7) is 3.26. The third kappa shape index (κ3) is 2.52. The van der Waals surface area contributed by atoms with Crippen LogP contribution in [0.5, 0.6) is 0 Å². The summed E-state index contributed by atoms with van der Waals surface area (Å²) in [5.74, 6) is -0.249. The summed E-state index contributed by atoms with van der Waals surface area (Å²) in [4.78, 5) is 0. The number of hydrogen-bond donors (Lipinski definition) is 1. The van der Waals surface area contributed by atoms with Crippen LogP contribution in [0.4, 0.5) is 4.39 Å². The number of hydrogen-bond acceptors (Lipinski definition) is 1. The predicted octanol–water partition coefficient (Wildman–Crippen LogP) is 2.51. The maximum atomic E-state index is 13.4. The van der Waals surface area contributed by atoms with Gasteiger partial charge in [0.1, 0.15) is 6.17 Å². The SMILES string of the molecule is CC(c1ccccc1)[C@H](F)[C@H](C)O. The highest BCUT2D eigenvalue weighted by molar-refractivity contribution is 5.20. The molecule has 0 heterocycles. The smallest absolute Gasteiger partial charge is 0.132 e. The highest BCUT2D eigenvalue weighted by Crippen LogP contribution is 2.23. The van der Waals surface area contributed by atoms with Crippen molar-refractivity contribution in [3.63, 3.8) is 0 Å². The van der Waals surface area contributed by atoms with E-state index in [2.05, 4.69) is 0 Å². The van der Waals surface area contributed by atoms with E-state index < -0.39 is 12.3 Å². The first-order valence-corrected chi connectivity index (χ1v) is 4.50. The first-order valence-electron chi connectivity index (χ1n) is 4.50. The lowest BCUT2D eigenvalue weighted by Crippen LogP contribution is -2.23. The van der Waals surface area contributed by atoms with Gasteiger partial charge in [0, 0.05) is 5.92 Å². The molecule has 0 aliphatic heterocycles. The van der Waals surface area contributed by atoms with Crippen LogP contribution in [0, 0.1) is 0 Å². The predicted molar refractivity (Wildman–Crippen MR) is 51.4 cm³/mol. The molecule has 13 heavy (non-hydrogen) atoms. The molecule has 0 spiro atoms. The zero-order valence-electron chi connectivity index (χ0n) is 7.94. The summed E-state index contributed by atoms with van der Waals surface area (Å²) in [5, 5.41) is 9.08. The van der Waals surface area contributed by atoms with Gasteiger partial charge < -0.3 is 5.11 Å². The number of halogens is 1. The molecule has 1 unspecified atom stereocenters. The van der Waals surface area contributed by atoms with Gasteiger partial charge in [-0.15, -0.1) is 0 Å². The van der Waals surface area contributed by atoms with Crippen LogP contribution in [-0.4, -0.2) is 17.4 Å². The van der Waals surface area contributed by atoms with E-state index >= 15 is 0 Å². The normalized spacial score (nSPS) is 17.8. The van der Waals surface area contributed by atoms with E-state index in [1.807, 2.05) is 30.3 Å². The lowest BCUT2D eigenvalue weighted by atomic mass is 9.94. The van der Waals surface area contributed by atoms with Crippen LogP contribution >= 0.6 is 0 Å². The molecule has 1 aromatic carbocycles. The van der Waals surface area contributed by atoms with Gasteiger partial charge in [-0.25, -0.2) is 4.39 Å². The van der Waals surface area contributed by atoms with Crippen LogP contribution in [0.25, 0.3) is 0 Å². The van der Waals surface area contributed by atoms with E-state index in [0.717, 1.165) is 5.56 Å². The number of rotatable bonds is 3. The minimum absolute atomic E-state index is 0.249. The van der Waals surface area contributed by atoms with E-state index in [0.29, 0.717) is 0 Å². The molecule has 1 rings (SSSR count). The molecule has 0 saturated heterocycles. The molecule has 2 heteroatoms. The molecule has 0 aliphatic carbocycles. The molecule has 0 saturated carbocycles. The summed E-state index contributed by atoms with van der Waals surface area (Å²) < 4.78 is 13.4. The zero-order chi connectivity index (χ0) is 9.84. The summed E-state index contributed by atoms with van der Waals surface area (Å²) in [7, 11) is 0. The van der Waals surface area contributed by atoms with Crippen molar-refractivity contribution < 1.29 is 9.50 Å². The van der Waals surface area contributed by atoms with Crippen LogP contribution in [0.2, 0.25) is 0 Å². The molecule has 0 radical (unpaired) electrons. The molecule has 0 aliphatic rings. The van der Waals surface area contributed by atoms with Crippen molar-refractivity contribution in [2.45, 2.75) is 32.0 Å². The van der Waals surface area contributed by atoms with Gasteiger partial charge in [0.2, 0.25) is 0 Å². The molecule has 0 amide bonds. The van der Waals surface area contributed by atoms with Crippen molar-refractivity contribution in [2.75, 3.05) is 0 Å². The van der Waals surface area contributed by atoms with E-state index in [1.165, 1.54) is 6.92 Å². The van der Waals surface area contributed by atoms with Gasteiger partial charge in [-0.3, -0.25) is 0 Å². The highest BCUT2D eigenvalue weighted by Gasteiger charge is 2.22. The van der Waals surface area contributed by atoms with Gasteiger partial charge in [0.05, 0.1) is 6.10 Å². The second-order valence-electron chi connectivity index (χ2n) is 3.38. The molecular formula is C11H15FO. The average molecular weight is 182 g/mol. The van der Waals surface area contributed by atoms with Gasteiger partial charge >= 0.3 is 0 Å². The molecule has 0 bridgehead atoms. The largest absolute Gasteiger partial charge is 0.390 e. The molecule has 3 atom stereocenters.